The maximum absolute atomic E-state index is 9.08. The summed E-state index contributed by atoms with van der Waals surface area (Å²) in [7, 11) is -4.61. The predicted octanol–water partition coefficient (Wildman–Crippen LogP) is -0.724. The average Bonchev–Trinajstić information content (AvgIpc) is 1.35. The molecule has 48 valence electrons. The van der Waals surface area contributed by atoms with Gasteiger partial charge in [-0.1, -0.05) is 4.33 Å². The Morgan fingerprint density at radius 3 is 1.57 bits per heavy atom. The SMILES string of the molecule is O=S(=O)(O)OO.[Ni]. The molecule has 0 saturated heterocycles. The molecule has 0 rings (SSSR count). The molecular formula is H2NiO5S. The van der Waals surface area contributed by atoms with Crippen LogP contribution in [0.4, 0.5) is 0 Å². The monoisotopic (exact) mass is 172 g/mol. The second kappa shape index (κ2) is 3.34. The van der Waals surface area contributed by atoms with E-state index in [2.05, 4.69) is 4.33 Å². The van der Waals surface area contributed by atoms with Gasteiger partial charge in [-0.25, -0.2) is 5.26 Å². The van der Waals surface area contributed by atoms with Crippen molar-refractivity contribution >= 4 is 10.4 Å². The van der Waals surface area contributed by atoms with Crippen LogP contribution in [0.25, 0.3) is 0 Å². The van der Waals surface area contributed by atoms with E-state index in [0.29, 0.717) is 0 Å². The van der Waals surface area contributed by atoms with Gasteiger partial charge in [-0.2, -0.15) is 8.42 Å². The molecule has 0 atom stereocenters. The van der Waals surface area contributed by atoms with Gasteiger partial charge in [0.2, 0.25) is 0 Å². The summed E-state index contributed by atoms with van der Waals surface area (Å²) in [5, 5.41) is 7.06. The molecule has 0 amide bonds. The second-order valence-corrected chi connectivity index (χ2v) is 1.51. The molecule has 0 aliphatic heterocycles. The topological polar surface area (TPSA) is 83.8 Å². The normalized spacial score (nSPS) is 10.0. The summed E-state index contributed by atoms with van der Waals surface area (Å²) in [4.78, 5) is 0. The van der Waals surface area contributed by atoms with Crippen LogP contribution in [-0.2, 0) is 31.2 Å². The van der Waals surface area contributed by atoms with E-state index < -0.39 is 10.4 Å². The van der Waals surface area contributed by atoms with Crippen molar-refractivity contribution < 1.29 is 39.1 Å². The van der Waals surface area contributed by atoms with E-state index in [-0.39, 0.29) is 16.5 Å². The molecule has 0 saturated carbocycles. The third-order valence-electron chi connectivity index (χ3n) is 0.0942. The minimum atomic E-state index is -4.61. The van der Waals surface area contributed by atoms with Gasteiger partial charge in [0, 0.05) is 16.5 Å². The molecular weight excluding hydrogens is 171 g/mol. The van der Waals surface area contributed by atoms with Crippen LogP contribution in [0.5, 0.6) is 0 Å². The van der Waals surface area contributed by atoms with Gasteiger partial charge in [0.1, 0.15) is 0 Å². The van der Waals surface area contributed by atoms with Crippen LogP contribution in [0.2, 0.25) is 0 Å². The van der Waals surface area contributed by atoms with Gasteiger partial charge in [0.25, 0.3) is 0 Å². The number of rotatable bonds is 1. The van der Waals surface area contributed by atoms with Gasteiger partial charge in [-0.15, -0.1) is 0 Å². The van der Waals surface area contributed by atoms with Gasteiger partial charge in [-0.3, -0.25) is 4.55 Å². The number of hydrogen-bond donors (Lipinski definition) is 2. The minimum Gasteiger partial charge on any atom is -0.262 e. The van der Waals surface area contributed by atoms with E-state index in [4.69, 9.17) is 18.2 Å². The fraction of sp³-hybridized carbons (Fsp3) is 0. The van der Waals surface area contributed by atoms with Gasteiger partial charge < -0.3 is 0 Å². The van der Waals surface area contributed by atoms with Crippen molar-refractivity contribution in [3.05, 3.63) is 0 Å². The molecule has 0 aromatic heterocycles. The van der Waals surface area contributed by atoms with Crippen molar-refractivity contribution in [3.8, 4) is 0 Å². The molecule has 0 heterocycles. The Bertz CT molecular complexity index is 110. The maximum Gasteiger partial charge on any atom is 0.423 e. The molecule has 0 radical (unpaired) electrons. The maximum atomic E-state index is 9.08. The van der Waals surface area contributed by atoms with E-state index >= 15 is 0 Å². The molecule has 0 bridgehead atoms. The predicted molar refractivity (Wildman–Crippen MR) is 15.3 cm³/mol. The quantitative estimate of drug-likeness (QED) is 0.236. The van der Waals surface area contributed by atoms with Crippen LogP contribution in [-0.4, -0.2) is 18.2 Å². The van der Waals surface area contributed by atoms with Crippen molar-refractivity contribution in [2.45, 2.75) is 0 Å². The summed E-state index contributed by atoms with van der Waals surface area (Å²) in [5.41, 5.74) is 0. The Morgan fingerprint density at radius 2 is 1.57 bits per heavy atom. The fourth-order valence-corrected chi connectivity index (χ4v) is 0. The molecule has 0 unspecified atom stereocenters. The van der Waals surface area contributed by atoms with E-state index in [1.807, 2.05) is 0 Å². The smallest absolute Gasteiger partial charge is 0.262 e. The summed E-state index contributed by atoms with van der Waals surface area (Å²) < 4.78 is 28.0. The summed E-state index contributed by atoms with van der Waals surface area (Å²) in [6, 6.07) is 0. The van der Waals surface area contributed by atoms with Crippen molar-refractivity contribution in [3.63, 3.8) is 0 Å². The molecule has 0 aromatic rings. The second-order valence-electron chi connectivity index (χ2n) is 0.502. The Morgan fingerprint density at radius 1 is 1.43 bits per heavy atom. The molecule has 0 aliphatic carbocycles. The summed E-state index contributed by atoms with van der Waals surface area (Å²) in [6.45, 7) is 0. The number of hydrogen-bond acceptors (Lipinski definition) is 4. The fourth-order valence-electron chi connectivity index (χ4n) is 0. The zero-order valence-electron chi connectivity index (χ0n) is 2.84. The van der Waals surface area contributed by atoms with Crippen molar-refractivity contribution in [1.82, 2.24) is 0 Å². The van der Waals surface area contributed by atoms with E-state index in [1.165, 1.54) is 0 Å². The summed E-state index contributed by atoms with van der Waals surface area (Å²) in [5.74, 6) is 0. The van der Waals surface area contributed by atoms with E-state index in [0.717, 1.165) is 0 Å². The molecule has 7 heteroatoms. The Labute approximate surface area is 50.1 Å². The van der Waals surface area contributed by atoms with Crippen molar-refractivity contribution in [2.24, 2.45) is 0 Å². The Hall–Kier alpha value is 0.324. The van der Waals surface area contributed by atoms with Gasteiger partial charge >= 0.3 is 10.4 Å². The zero-order valence-corrected chi connectivity index (χ0v) is 4.65. The largest absolute Gasteiger partial charge is 0.423 e. The minimum absolute atomic E-state index is 0. The molecule has 2 N–H and O–H groups in total. The first-order valence-electron chi connectivity index (χ1n) is 0.865. The van der Waals surface area contributed by atoms with Gasteiger partial charge in [0.15, 0.2) is 0 Å². The molecule has 0 spiro atoms. The standard InChI is InChI=1S/Ni.H2O5S/c;1-5-6(2,3)4/h;1H,(H,2,3,4). The Balaban J connectivity index is 0. The Kier molecular flexibility index (Phi) is 4.93. The molecule has 0 aromatic carbocycles. The summed E-state index contributed by atoms with van der Waals surface area (Å²) >= 11 is 0. The first kappa shape index (κ1) is 10.3. The van der Waals surface area contributed by atoms with Crippen LogP contribution in [0.3, 0.4) is 0 Å². The van der Waals surface area contributed by atoms with Crippen LogP contribution in [0, 0.1) is 0 Å². The molecule has 0 aliphatic rings. The average molecular weight is 173 g/mol. The third kappa shape index (κ3) is 10.7. The zero-order chi connectivity index (χ0) is 5.21. The summed E-state index contributed by atoms with van der Waals surface area (Å²) in [6.07, 6.45) is 0. The first-order valence-corrected chi connectivity index (χ1v) is 2.23. The van der Waals surface area contributed by atoms with Gasteiger partial charge in [-0.05, 0) is 0 Å². The van der Waals surface area contributed by atoms with E-state index in [1.54, 1.807) is 0 Å². The van der Waals surface area contributed by atoms with Crippen molar-refractivity contribution in [2.75, 3.05) is 0 Å². The molecule has 5 nitrogen and oxygen atoms in total. The van der Waals surface area contributed by atoms with Crippen LogP contribution in [0.15, 0.2) is 0 Å². The van der Waals surface area contributed by atoms with Crippen LogP contribution in [0.1, 0.15) is 0 Å². The first-order chi connectivity index (χ1) is 2.56. The van der Waals surface area contributed by atoms with Crippen molar-refractivity contribution in [1.29, 1.82) is 0 Å². The molecule has 7 heavy (non-hydrogen) atoms. The van der Waals surface area contributed by atoms with E-state index in [9.17, 15) is 0 Å². The van der Waals surface area contributed by atoms with Crippen LogP contribution >= 0.6 is 0 Å². The van der Waals surface area contributed by atoms with Crippen LogP contribution < -0.4 is 0 Å². The van der Waals surface area contributed by atoms with Gasteiger partial charge in [0.05, 0.1) is 0 Å². The molecule has 0 fully saturated rings. The third-order valence-corrected chi connectivity index (χ3v) is 0.283.